The molecule has 0 aliphatic rings. The van der Waals surface area contributed by atoms with E-state index < -0.39 is 11.7 Å². The Morgan fingerprint density at radius 2 is 1.96 bits per heavy atom. The average molecular weight is 369 g/mol. The van der Waals surface area contributed by atoms with Crippen molar-refractivity contribution in [1.29, 1.82) is 0 Å². The number of nitrogens with zero attached hydrogens (tertiary/aromatic N) is 3. The zero-order valence-electron chi connectivity index (χ0n) is 15.3. The fourth-order valence-electron chi connectivity index (χ4n) is 2.43. The second kappa shape index (κ2) is 7.53. The highest BCUT2D eigenvalue weighted by Gasteiger charge is 2.17. The van der Waals surface area contributed by atoms with E-state index in [1.165, 1.54) is 18.5 Å². The first-order chi connectivity index (χ1) is 12.8. The maximum Gasteiger partial charge on any atom is 0.407 e. The Balaban J connectivity index is 1.87. The summed E-state index contributed by atoms with van der Waals surface area (Å²) in [5, 5.41) is 9.50. The molecule has 0 saturated carbocycles. The van der Waals surface area contributed by atoms with Gasteiger partial charge in [0.05, 0.1) is 5.69 Å². The zero-order chi connectivity index (χ0) is 19.4. The Labute approximate surface area is 156 Å². The molecule has 2 N–H and O–H groups in total. The van der Waals surface area contributed by atoms with Crippen molar-refractivity contribution in [2.24, 2.45) is 0 Å². The standard InChI is InChI=1S/C19H20FN5O2/c1-19(2,3)27-18(26)22-10-13-9-21-16(12-4-6-14(20)7-5-12)8-15(13)17-23-11-24-25-17/h4-9,11H,10H2,1-3H3,(H,22,26)(H,23,24,25). The van der Waals surface area contributed by atoms with Crippen LogP contribution in [-0.2, 0) is 11.3 Å². The molecule has 7 nitrogen and oxygen atoms in total. The Morgan fingerprint density at radius 3 is 2.59 bits per heavy atom. The van der Waals surface area contributed by atoms with Crippen LogP contribution in [0.25, 0.3) is 22.6 Å². The number of hydrogen-bond donors (Lipinski definition) is 2. The molecule has 0 radical (unpaired) electrons. The van der Waals surface area contributed by atoms with Crippen LogP contribution >= 0.6 is 0 Å². The number of H-pyrrole nitrogens is 1. The van der Waals surface area contributed by atoms with Crippen molar-refractivity contribution < 1.29 is 13.9 Å². The SMILES string of the molecule is CC(C)(C)OC(=O)NCc1cnc(-c2ccc(F)cc2)cc1-c1nc[nH]n1. The van der Waals surface area contributed by atoms with Crippen molar-refractivity contribution in [1.82, 2.24) is 25.5 Å². The number of aromatic amines is 1. The number of benzene rings is 1. The van der Waals surface area contributed by atoms with Crippen LogP contribution in [0.3, 0.4) is 0 Å². The molecule has 1 aromatic carbocycles. The third-order valence-corrected chi connectivity index (χ3v) is 3.60. The minimum atomic E-state index is -0.582. The third kappa shape index (κ3) is 4.87. The summed E-state index contributed by atoms with van der Waals surface area (Å²) in [5.41, 5.74) is 2.27. The molecule has 2 heterocycles. The van der Waals surface area contributed by atoms with Crippen LogP contribution in [0.4, 0.5) is 9.18 Å². The molecule has 3 rings (SSSR count). The number of ether oxygens (including phenoxy) is 1. The number of hydrogen-bond acceptors (Lipinski definition) is 5. The maximum absolute atomic E-state index is 13.2. The van der Waals surface area contributed by atoms with E-state index in [1.54, 1.807) is 39.1 Å². The number of amides is 1. The van der Waals surface area contributed by atoms with Gasteiger partial charge in [0.25, 0.3) is 0 Å². The predicted octanol–water partition coefficient (Wildman–Crippen LogP) is 3.70. The Morgan fingerprint density at radius 1 is 1.22 bits per heavy atom. The lowest BCUT2D eigenvalue weighted by molar-refractivity contribution is 0.0523. The third-order valence-electron chi connectivity index (χ3n) is 3.60. The smallest absolute Gasteiger partial charge is 0.407 e. The second-order valence-electron chi connectivity index (χ2n) is 6.91. The van der Waals surface area contributed by atoms with Crippen LogP contribution in [0.1, 0.15) is 26.3 Å². The summed E-state index contributed by atoms with van der Waals surface area (Å²) in [6, 6.07) is 7.86. The van der Waals surface area contributed by atoms with Gasteiger partial charge in [-0.1, -0.05) is 0 Å². The van der Waals surface area contributed by atoms with Crippen LogP contribution in [0.2, 0.25) is 0 Å². The van der Waals surface area contributed by atoms with E-state index in [0.29, 0.717) is 17.1 Å². The number of nitrogens with one attached hydrogen (secondary N) is 2. The van der Waals surface area contributed by atoms with Gasteiger partial charge < -0.3 is 10.1 Å². The predicted molar refractivity (Wildman–Crippen MR) is 98.1 cm³/mol. The molecule has 27 heavy (non-hydrogen) atoms. The van der Waals surface area contributed by atoms with Gasteiger partial charge in [-0.3, -0.25) is 10.1 Å². The van der Waals surface area contributed by atoms with Gasteiger partial charge in [0.1, 0.15) is 17.7 Å². The second-order valence-corrected chi connectivity index (χ2v) is 6.91. The van der Waals surface area contributed by atoms with Gasteiger partial charge in [-0.25, -0.2) is 14.2 Å². The lowest BCUT2D eigenvalue weighted by Crippen LogP contribution is -2.32. The van der Waals surface area contributed by atoms with Crippen LogP contribution in [0.15, 0.2) is 42.9 Å². The van der Waals surface area contributed by atoms with Crippen molar-refractivity contribution in [3.8, 4) is 22.6 Å². The van der Waals surface area contributed by atoms with Crippen LogP contribution in [-0.4, -0.2) is 31.9 Å². The van der Waals surface area contributed by atoms with Crippen molar-refractivity contribution in [2.75, 3.05) is 0 Å². The molecule has 1 amide bonds. The van der Waals surface area contributed by atoms with Gasteiger partial charge >= 0.3 is 6.09 Å². The molecule has 0 atom stereocenters. The molecule has 2 aromatic heterocycles. The highest BCUT2D eigenvalue weighted by molar-refractivity contribution is 5.71. The van der Waals surface area contributed by atoms with Crippen LogP contribution < -0.4 is 5.32 Å². The fourth-order valence-corrected chi connectivity index (χ4v) is 2.43. The van der Waals surface area contributed by atoms with E-state index >= 15 is 0 Å². The number of rotatable bonds is 4. The van der Waals surface area contributed by atoms with Gasteiger partial charge in [0.2, 0.25) is 0 Å². The van der Waals surface area contributed by atoms with Crippen LogP contribution in [0.5, 0.6) is 0 Å². The largest absolute Gasteiger partial charge is 0.444 e. The fraction of sp³-hybridized carbons (Fsp3) is 0.263. The Hall–Kier alpha value is -3.29. The molecule has 0 spiro atoms. The molecule has 0 fully saturated rings. The molecule has 3 aromatic rings. The molecule has 140 valence electrons. The molecule has 0 aliphatic heterocycles. The monoisotopic (exact) mass is 369 g/mol. The summed E-state index contributed by atoms with van der Waals surface area (Å²) < 4.78 is 18.4. The summed E-state index contributed by atoms with van der Waals surface area (Å²) in [7, 11) is 0. The van der Waals surface area contributed by atoms with Gasteiger partial charge in [-0.15, -0.1) is 0 Å². The number of alkyl carbamates (subject to hydrolysis) is 1. The molecule has 0 aliphatic carbocycles. The first kappa shape index (κ1) is 18.5. The van der Waals surface area contributed by atoms with E-state index in [1.807, 2.05) is 6.07 Å². The van der Waals surface area contributed by atoms with Crippen molar-refractivity contribution >= 4 is 6.09 Å². The highest BCUT2D eigenvalue weighted by atomic mass is 19.1. The molecule has 0 unspecified atom stereocenters. The lowest BCUT2D eigenvalue weighted by Gasteiger charge is -2.20. The average Bonchev–Trinajstić information content (AvgIpc) is 3.13. The Bertz CT molecular complexity index is 918. The topological polar surface area (TPSA) is 92.8 Å². The highest BCUT2D eigenvalue weighted by Crippen LogP contribution is 2.26. The molecule has 0 saturated heterocycles. The number of carbonyl (C=O) groups is 1. The van der Waals surface area contributed by atoms with E-state index in [9.17, 15) is 9.18 Å². The summed E-state index contributed by atoms with van der Waals surface area (Å²) >= 11 is 0. The van der Waals surface area contributed by atoms with Crippen molar-refractivity contribution in [3.63, 3.8) is 0 Å². The molecule has 0 bridgehead atoms. The summed E-state index contributed by atoms with van der Waals surface area (Å²) in [5.74, 6) is 0.160. The minimum absolute atomic E-state index is 0.204. The molecule has 8 heteroatoms. The maximum atomic E-state index is 13.2. The number of aromatic nitrogens is 4. The van der Waals surface area contributed by atoms with Gasteiger partial charge in [-0.05, 0) is 51.1 Å². The van der Waals surface area contributed by atoms with Crippen molar-refractivity contribution in [3.05, 3.63) is 54.2 Å². The van der Waals surface area contributed by atoms with Gasteiger partial charge in [0.15, 0.2) is 5.82 Å². The lowest BCUT2D eigenvalue weighted by atomic mass is 10.0. The zero-order valence-corrected chi connectivity index (χ0v) is 15.3. The number of carbonyl (C=O) groups excluding carboxylic acids is 1. The van der Waals surface area contributed by atoms with E-state index in [-0.39, 0.29) is 12.4 Å². The number of pyridine rings is 1. The summed E-state index contributed by atoms with van der Waals surface area (Å²) in [6.45, 7) is 5.59. The van der Waals surface area contributed by atoms with Gasteiger partial charge in [-0.2, -0.15) is 5.10 Å². The first-order valence-corrected chi connectivity index (χ1v) is 8.40. The van der Waals surface area contributed by atoms with E-state index in [2.05, 4.69) is 25.5 Å². The number of halogens is 1. The Kier molecular flexibility index (Phi) is 5.16. The quantitative estimate of drug-likeness (QED) is 0.731. The minimum Gasteiger partial charge on any atom is -0.444 e. The first-order valence-electron chi connectivity index (χ1n) is 8.40. The normalized spacial score (nSPS) is 11.3. The molecular weight excluding hydrogens is 349 g/mol. The summed E-state index contributed by atoms with van der Waals surface area (Å²) in [4.78, 5) is 20.5. The van der Waals surface area contributed by atoms with Gasteiger partial charge in [0, 0.05) is 29.4 Å². The van der Waals surface area contributed by atoms with E-state index in [0.717, 1.165) is 11.1 Å². The van der Waals surface area contributed by atoms with E-state index in [4.69, 9.17) is 4.74 Å². The summed E-state index contributed by atoms with van der Waals surface area (Å²) in [6.07, 6.45) is 2.59. The van der Waals surface area contributed by atoms with Crippen molar-refractivity contribution in [2.45, 2.75) is 32.9 Å². The molecular formula is C19H20FN5O2. The van der Waals surface area contributed by atoms with Crippen LogP contribution in [0, 0.1) is 5.82 Å².